The maximum absolute atomic E-state index is 12.6. The molecule has 3 nitrogen and oxygen atoms in total. The highest BCUT2D eigenvalue weighted by atomic mass is 16.2. The van der Waals surface area contributed by atoms with Crippen molar-refractivity contribution in [3.05, 3.63) is 59.7 Å². The topological polar surface area (TPSA) is 46.3 Å². The van der Waals surface area contributed by atoms with Crippen LogP contribution in [-0.4, -0.2) is 11.9 Å². The number of anilines is 2. The van der Waals surface area contributed by atoms with E-state index in [4.69, 9.17) is 5.73 Å². The van der Waals surface area contributed by atoms with Crippen LogP contribution in [-0.2, 0) is 17.6 Å². The third-order valence-electron chi connectivity index (χ3n) is 3.78. The summed E-state index contributed by atoms with van der Waals surface area (Å²) >= 11 is 0. The molecule has 102 valence electrons. The zero-order valence-electron chi connectivity index (χ0n) is 11.5. The lowest BCUT2D eigenvalue weighted by molar-refractivity contribution is -0.118. The molecule has 3 heteroatoms. The molecule has 0 aromatic heterocycles. The van der Waals surface area contributed by atoms with Crippen molar-refractivity contribution in [1.82, 2.24) is 0 Å². The van der Waals surface area contributed by atoms with Gasteiger partial charge >= 0.3 is 0 Å². The van der Waals surface area contributed by atoms with Gasteiger partial charge < -0.3 is 10.6 Å². The number of carbonyl (C=O) groups excluding carboxylic acids is 1. The first-order valence-corrected chi connectivity index (χ1v) is 6.89. The van der Waals surface area contributed by atoms with Gasteiger partial charge in [0, 0.05) is 17.4 Å². The van der Waals surface area contributed by atoms with Crippen molar-refractivity contribution in [2.24, 2.45) is 0 Å². The van der Waals surface area contributed by atoms with Gasteiger partial charge in [0.15, 0.2) is 0 Å². The van der Waals surface area contributed by atoms with E-state index in [9.17, 15) is 4.79 Å². The Balaban J connectivity index is 1.84. The van der Waals surface area contributed by atoms with E-state index < -0.39 is 0 Å². The molecule has 0 bridgehead atoms. The fourth-order valence-electron chi connectivity index (χ4n) is 2.91. The molecule has 0 saturated heterocycles. The number of fused-ring (bicyclic) bond motifs is 1. The van der Waals surface area contributed by atoms with Crippen LogP contribution in [0.2, 0.25) is 0 Å². The maximum atomic E-state index is 12.6. The van der Waals surface area contributed by atoms with Gasteiger partial charge in [0.1, 0.15) is 0 Å². The van der Waals surface area contributed by atoms with Crippen LogP contribution in [0.1, 0.15) is 18.1 Å². The van der Waals surface area contributed by atoms with Crippen molar-refractivity contribution < 1.29 is 4.79 Å². The van der Waals surface area contributed by atoms with Crippen LogP contribution in [0.3, 0.4) is 0 Å². The summed E-state index contributed by atoms with van der Waals surface area (Å²) in [4.78, 5) is 14.5. The van der Waals surface area contributed by atoms with Crippen LogP contribution in [0.5, 0.6) is 0 Å². The Morgan fingerprint density at radius 1 is 1.25 bits per heavy atom. The first-order chi connectivity index (χ1) is 9.65. The molecule has 1 unspecified atom stereocenters. The van der Waals surface area contributed by atoms with E-state index in [0.717, 1.165) is 17.7 Å². The van der Waals surface area contributed by atoms with Gasteiger partial charge in [0.2, 0.25) is 5.91 Å². The molecular formula is C17H18N2O. The molecule has 0 aliphatic carbocycles. The number of para-hydroxylation sites is 1. The Hall–Kier alpha value is -2.29. The normalized spacial score (nSPS) is 17.1. The van der Waals surface area contributed by atoms with Crippen molar-refractivity contribution >= 4 is 17.3 Å². The van der Waals surface area contributed by atoms with Crippen LogP contribution in [0.15, 0.2) is 48.5 Å². The number of hydrogen-bond donors (Lipinski definition) is 1. The molecule has 1 aliphatic rings. The second-order valence-electron chi connectivity index (χ2n) is 5.37. The van der Waals surface area contributed by atoms with Crippen LogP contribution >= 0.6 is 0 Å². The Morgan fingerprint density at radius 3 is 2.85 bits per heavy atom. The third-order valence-corrected chi connectivity index (χ3v) is 3.78. The summed E-state index contributed by atoms with van der Waals surface area (Å²) in [5.74, 6) is 0.132. The van der Waals surface area contributed by atoms with Crippen LogP contribution in [0, 0.1) is 0 Å². The molecule has 2 N–H and O–H groups in total. The summed E-state index contributed by atoms with van der Waals surface area (Å²) in [5.41, 5.74) is 9.73. The Labute approximate surface area is 119 Å². The first kappa shape index (κ1) is 12.7. The molecule has 3 rings (SSSR count). The number of nitrogens with two attached hydrogens (primary N) is 1. The summed E-state index contributed by atoms with van der Waals surface area (Å²) in [6.45, 7) is 2.09. The Morgan fingerprint density at radius 2 is 2.05 bits per heavy atom. The monoisotopic (exact) mass is 266 g/mol. The van der Waals surface area contributed by atoms with Crippen molar-refractivity contribution in [1.29, 1.82) is 0 Å². The lowest BCUT2D eigenvalue weighted by atomic mass is 10.1. The number of amides is 1. The number of carbonyl (C=O) groups is 1. The Kier molecular flexibility index (Phi) is 3.18. The minimum atomic E-state index is 0.132. The van der Waals surface area contributed by atoms with E-state index in [1.807, 2.05) is 47.4 Å². The van der Waals surface area contributed by atoms with Crippen molar-refractivity contribution in [3.63, 3.8) is 0 Å². The molecule has 0 radical (unpaired) electrons. The van der Waals surface area contributed by atoms with E-state index in [1.54, 1.807) is 0 Å². The molecule has 0 spiro atoms. The molecule has 2 aromatic carbocycles. The van der Waals surface area contributed by atoms with Gasteiger partial charge in [-0.2, -0.15) is 0 Å². The van der Waals surface area contributed by atoms with Crippen LogP contribution in [0.25, 0.3) is 0 Å². The summed E-state index contributed by atoms with van der Waals surface area (Å²) in [7, 11) is 0. The smallest absolute Gasteiger partial charge is 0.231 e. The average Bonchev–Trinajstić information content (AvgIpc) is 2.74. The van der Waals surface area contributed by atoms with Crippen molar-refractivity contribution in [3.8, 4) is 0 Å². The molecular weight excluding hydrogens is 248 g/mol. The van der Waals surface area contributed by atoms with E-state index >= 15 is 0 Å². The van der Waals surface area contributed by atoms with Gasteiger partial charge in [-0.25, -0.2) is 0 Å². The SMILES string of the molecule is CC1Cc2ccccc2N1C(=O)Cc1cccc(N)c1. The average molecular weight is 266 g/mol. The predicted octanol–water partition coefficient (Wildman–Crippen LogP) is 2.79. The highest BCUT2D eigenvalue weighted by Crippen LogP contribution is 2.32. The molecule has 2 aromatic rings. The zero-order chi connectivity index (χ0) is 14.1. The fraction of sp³-hybridized carbons (Fsp3) is 0.235. The van der Waals surface area contributed by atoms with E-state index in [-0.39, 0.29) is 11.9 Å². The first-order valence-electron chi connectivity index (χ1n) is 6.89. The molecule has 1 amide bonds. The zero-order valence-corrected chi connectivity index (χ0v) is 11.5. The Bertz CT molecular complexity index is 651. The molecule has 1 heterocycles. The van der Waals surface area contributed by atoms with Crippen molar-refractivity contribution in [2.75, 3.05) is 10.6 Å². The van der Waals surface area contributed by atoms with Gasteiger partial charge in [-0.05, 0) is 42.7 Å². The highest BCUT2D eigenvalue weighted by Gasteiger charge is 2.30. The minimum absolute atomic E-state index is 0.132. The van der Waals surface area contributed by atoms with Gasteiger partial charge in [0.05, 0.1) is 6.42 Å². The standard InChI is InChI=1S/C17H18N2O/c1-12-9-14-6-2-3-8-16(14)19(12)17(20)11-13-5-4-7-15(18)10-13/h2-8,10,12H,9,11,18H2,1H3. The third kappa shape index (κ3) is 2.27. The van der Waals surface area contributed by atoms with Gasteiger partial charge in [-0.3, -0.25) is 4.79 Å². The predicted molar refractivity (Wildman–Crippen MR) is 81.7 cm³/mol. The highest BCUT2D eigenvalue weighted by molar-refractivity contribution is 5.97. The van der Waals surface area contributed by atoms with Crippen LogP contribution < -0.4 is 10.6 Å². The molecule has 0 saturated carbocycles. The lowest BCUT2D eigenvalue weighted by Gasteiger charge is -2.22. The minimum Gasteiger partial charge on any atom is -0.399 e. The number of nitrogen functional groups attached to an aromatic ring is 1. The second kappa shape index (κ2) is 5.00. The molecule has 1 aliphatic heterocycles. The maximum Gasteiger partial charge on any atom is 0.231 e. The summed E-state index contributed by atoms with van der Waals surface area (Å²) < 4.78 is 0. The van der Waals surface area contributed by atoms with Crippen LogP contribution in [0.4, 0.5) is 11.4 Å². The number of rotatable bonds is 2. The molecule has 0 fully saturated rings. The van der Waals surface area contributed by atoms with Gasteiger partial charge in [-0.1, -0.05) is 30.3 Å². The molecule has 20 heavy (non-hydrogen) atoms. The van der Waals surface area contributed by atoms with E-state index in [0.29, 0.717) is 12.1 Å². The van der Waals surface area contributed by atoms with Gasteiger partial charge in [0.25, 0.3) is 0 Å². The van der Waals surface area contributed by atoms with E-state index in [1.165, 1.54) is 5.56 Å². The number of hydrogen-bond acceptors (Lipinski definition) is 2. The second-order valence-corrected chi connectivity index (χ2v) is 5.37. The summed E-state index contributed by atoms with van der Waals surface area (Å²) in [5, 5.41) is 0. The quantitative estimate of drug-likeness (QED) is 0.850. The molecule has 1 atom stereocenters. The lowest BCUT2D eigenvalue weighted by Crippen LogP contribution is -2.36. The van der Waals surface area contributed by atoms with Gasteiger partial charge in [-0.15, -0.1) is 0 Å². The summed E-state index contributed by atoms with van der Waals surface area (Å²) in [6, 6.07) is 15.9. The largest absolute Gasteiger partial charge is 0.399 e. The van der Waals surface area contributed by atoms with E-state index in [2.05, 4.69) is 13.0 Å². The number of nitrogens with zero attached hydrogens (tertiary/aromatic N) is 1. The van der Waals surface area contributed by atoms with Crippen molar-refractivity contribution in [2.45, 2.75) is 25.8 Å². The fourth-order valence-corrected chi connectivity index (χ4v) is 2.91. The summed E-state index contributed by atoms with van der Waals surface area (Å²) in [6.07, 6.45) is 1.32. The number of benzene rings is 2.